The molecule has 33 heavy (non-hydrogen) atoms. The molecule has 2 aromatic heterocycles. The second-order valence-electron chi connectivity index (χ2n) is 6.26. The average Bonchev–Trinajstić information content (AvgIpc) is 3.27. The van der Waals surface area contributed by atoms with Crippen LogP contribution in [-0.2, 0) is 20.0 Å². The summed E-state index contributed by atoms with van der Waals surface area (Å²) in [7, 11) is -7.22. The molecule has 0 saturated heterocycles. The summed E-state index contributed by atoms with van der Waals surface area (Å²) in [5.74, 6) is 0.0318. The van der Waals surface area contributed by atoms with E-state index in [-0.39, 0.29) is 15.7 Å². The quantitative estimate of drug-likeness (QED) is 0.286. The zero-order chi connectivity index (χ0) is 23.9. The Morgan fingerprint density at radius 1 is 0.667 bits per heavy atom. The number of rotatable bonds is 6. The fraction of sp³-hybridized carbons (Fsp3) is 0. The molecule has 0 bridgehead atoms. The molecule has 6 N–H and O–H groups in total. The van der Waals surface area contributed by atoms with Crippen molar-refractivity contribution in [2.24, 2.45) is 0 Å². The standard InChI is InChI=1S/C10H10N4O2S.C9H9N3O2S2/c11-8-2-4-9(5-3-8)17(15,16)14-10-12-6-1-7-13-10;10-7-1-3-8(4-2-7)16(13,14)12-9-11-5-6-15-9/h1-7H,11H2,(H,12,13,14);1-6H,10H2,(H,11,12). The molecule has 0 atom stereocenters. The van der Waals surface area contributed by atoms with Crippen molar-refractivity contribution in [3.8, 4) is 0 Å². The van der Waals surface area contributed by atoms with Gasteiger partial charge in [-0.15, -0.1) is 11.3 Å². The first-order valence-electron chi connectivity index (χ1n) is 9.09. The predicted molar refractivity (Wildman–Crippen MR) is 127 cm³/mol. The normalized spacial score (nSPS) is 11.2. The third-order valence-corrected chi connectivity index (χ3v) is 7.34. The fourth-order valence-corrected chi connectivity index (χ4v) is 5.02. The molecule has 14 heteroatoms. The van der Waals surface area contributed by atoms with Crippen LogP contribution in [0.3, 0.4) is 0 Å². The molecule has 2 aromatic carbocycles. The number of nitrogens with one attached hydrogen (secondary N) is 2. The summed E-state index contributed by atoms with van der Waals surface area (Å²) >= 11 is 1.22. The third-order valence-electron chi connectivity index (χ3n) is 3.83. The number of aromatic nitrogens is 3. The van der Waals surface area contributed by atoms with Gasteiger partial charge in [0.25, 0.3) is 20.0 Å². The molecule has 4 aromatic rings. The van der Waals surface area contributed by atoms with Gasteiger partial charge < -0.3 is 11.5 Å². The summed E-state index contributed by atoms with van der Waals surface area (Å²) in [6.07, 6.45) is 4.44. The molecule has 0 spiro atoms. The molecule has 0 fully saturated rings. The molecule has 11 nitrogen and oxygen atoms in total. The molecule has 0 amide bonds. The number of nitrogens with zero attached hydrogens (tertiary/aromatic N) is 3. The van der Waals surface area contributed by atoms with Gasteiger partial charge in [-0.3, -0.25) is 4.72 Å². The summed E-state index contributed by atoms with van der Waals surface area (Å²) in [5, 5.41) is 2.04. The zero-order valence-electron chi connectivity index (χ0n) is 16.9. The number of hydrogen-bond acceptors (Lipinski definition) is 10. The molecule has 0 aliphatic carbocycles. The second-order valence-corrected chi connectivity index (χ2v) is 10.5. The van der Waals surface area contributed by atoms with Crippen LogP contribution in [0.5, 0.6) is 0 Å². The second kappa shape index (κ2) is 10.2. The van der Waals surface area contributed by atoms with Crippen LogP contribution in [0.25, 0.3) is 0 Å². The number of sulfonamides is 2. The topological polar surface area (TPSA) is 183 Å². The fourth-order valence-electron chi connectivity index (χ4n) is 2.27. The van der Waals surface area contributed by atoms with Gasteiger partial charge in [0.2, 0.25) is 5.95 Å². The minimum atomic E-state index is -3.66. The van der Waals surface area contributed by atoms with Gasteiger partial charge in [0.15, 0.2) is 5.13 Å². The van der Waals surface area contributed by atoms with Crippen molar-refractivity contribution in [3.05, 3.63) is 78.6 Å². The average molecular weight is 506 g/mol. The highest BCUT2D eigenvalue weighted by molar-refractivity contribution is 7.93. The summed E-state index contributed by atoms with van der Waals surface area (Å²) < 4.78 is 52.0. The van der Waals surface area contributed by atoms with Gasteiger partial charge in [0.05, 0.1) is 9.79 Å². The minimum Gasteiger partial charge on any atom is -0.399 e. The summed E-state index contributed by atoms with van der Waals surface area (Å²) in [6, 6.07) is 13.4. The highest BCUT2D eigenvalue weighted by atomic mass is 32.2. The van der Waals surface area contributed by atoms with E-state index in [0.29, 0.717) is 16.5 Å². The first-order chi connectivity index (χ1) is 15.7. The number of nitrogen functional groups attached to an aromatic ring is 2. The van der Waals surface area contributed by atoms with Crippen LogP contribution >= 0.6 is 11.3 Å². The van der Waals surface area contributed by atoms with Gasteiger partial charge in [-0.05, 0) is 54.6 Å². The van der Waals surface area contributed by atoms with Crippen LogP contribution < -0.4 is 20.9 Å². The van der Waals surface area contributed by atoms with Crippen molar-refractivity contribution >= 4 is 53.8 Å². The number of thiazole rings is 1. The molecule has 0 aliphatic heterocycles. The van der Waals surface area contributed by atoms with E-state index in [9.17, 15) is 16.8 Å². The molecule has 2 heterocycles. The summed E-state index contributed by atoms with van der Waals surface area (Å²) in [6.45, 7) is 0. The number of nitrogens with two attached hydrogens (primary N) is 2. The first kappa shape index (κ1) is 23.9. The van der Waals surface area contributed by atoms with Gasteiger partial charge in [-0.1, -0.05) is 0 Å². The van der Waals surface area contributed by atoms with E-state index in [0.717, 1.165) is 0 Å². The van der Waals surface area contributed by atoms with Crippen molar-refractivity contribution in [2.75, 3.05) is 20.9 Å². The number of hydrogen-bond donors (Lipinski definition) is 4. The highest BCUT2D eigenvalue weighted by Crippen LogP contribution is 2.18. The molecule has 0 unspecified atom stereocenters. The van der Waals surface area contributed by atoms with E-state index >= 15 is 0 Å². The van der Waals surface area contributed by atoms with Gasteiger partial charge in [0.1, 0.15) is 0 Å². The Labute approximate surface area is 194 Å². The van der Waals surface area contributed by atoms with Crippen LogP contribution in [0.15, 0.2) is 88.4 Å². The van der Waals surface area contributed by atoms with Crippen LogP contribution in [0, 0.1) is 0 Å². The molecule has 0 saturated carbocycles. The number of anilines is 4. The molecule has 0 radical (unpaired) electrons. The van der Waals surface area contributed by atoms with Gasteiger partial charge in [-0.2, -0.15) is 0 Å². The minimum absolute atomic E-state index is 0.0318. The maximum absolute atomic E-state index is 11.9. The molecular weight excluding hydrogens is 486 g/mol. The monoisotopic (exact) mass is 505 g/mol. The van der Waals surface area contributed by atoms with Crippen LogP contribution in [0.4, 0.5) is 22.5 Å². The number of benzene rings is 2. The van der Waals surface area contributed by atoms with Crippen LogP contribution in [-0.4, -0.2) is 31.8 Å². The Bertz CT molecular complexity index is 1380. The molecule has 0 aliphatic rings. The zero-order valence-corrected chi connectivity index (χ0v) is 19.3. The third kappa shape index (κ3) is 6.86. The predicted octanol–water partition coefficient (Wildman–Crippen LogP) is 2.39. The lowest BCUT2D eigenvalue weighted by atomic mass is 10.3. The maximum atomic E-state index is 11.9. The molecule has 172 valence electrons. The Morgan fingerprint density at radius 2 is 1.15 bits per heavy atom. The molecule has 4 rings (SSSR count). The Hall–Kier alpha value is -3.75. The smallest absolute Gasteiger partial charge is 0.264 e. The van der Waals surface area contributed by atoms with Crippen molar-refractivity contribution in [2.45, 2.75) is 9.79 Å². The first-order valence-corrected chi connectivity index (χ1v) is 12.9. The summed E-state index contributed by atoms with van der Waals surface area (Å²) in [4.78, 5) is 11.7. The Kier molecular flexibility index (Phi) is 7.42. The molecular formula is C19H19N7O4S3. The SMILES string of the molecule is Nc1ccc(S(=O)(=O)Nc2ncccn2)cc1.Nc1ccc(S(=O)(=O)Nc2nccs2)cc1. The van der Waals surface area contributed by atoms with Crippen LogP contribution in [0.1, 0.15) is 0 Å². The Balaban J connectivity index is 0.000000186. The van der Waals surface area contributed by atoms with E-state index < -0.39 is 20.0 Å². The maximum Gasteiger partial charge on any atom is 0.264 e. The lowest BCUT2D eigenvalue weighted by molar-refractivity contribution is 0.599. The van der Waals surface area contributed by atoms with E-state index in [1.807, 2.05) is 0 Å². The lowest BCUT2D eigenvalue weighted by Crippen LogP contribution is -2.14. The lowest BCUT2D eigenvalue weighted by Gasteiger charge is -2.05. The van der Waals surface area contributed by atoms with Gasteiger partial charge >= 0.3 is 0 Å². The van der Waals surface area contributed by atoms with E-state index in [1.165, 1.54) is 78.5 Å². The van der Waals surface area contributed by atoms with E-state index in [2.05, 4.69) is 24.4 Å². The van der Waals surface area contributed by atoms with Crippen molar-refractivity contribution in [1.82, 2.24) is 15.0 Å². The highest BCUT2D eigenvalue weighted by Gasteiger charge is 2.15. The van der Waals surface area contributed by atoms with Gasteiger partial charge in [0, 0.05) is 35.3 Å². The van der Waals surface area contributed by atoms with Crippen molar-refractivity contribution in [1.29, 1.82) is 0 Å². The van der Waals surface area contributed by atoms with E-state index in [1.54, 1.807) is 11.4 Å². The Morgan fingerprint density at radius 3 is 1.61 bits per heavy atom. The largest absolute Gasteiger partial charge is 0.399 e. The summed E-state index contributed by atoms with van der Waals surface area (Å²) in [5.41, 5.74) is 12.0. The van der Waals surface area contributed by atoms with Crippen LogP contribution in [0.2, 0.25) is 0 Å². The van der Waals surface area contributed by atoms with Crippen molar-refractivity contribution in [3.63, 3.8) is 0 Å². The van der Waals surface area contributed by atoms with Crippen molar-refractivity contribution < 1.29 is 16.8 Å². The van der Waals surface area contributed by atoms with Gasteiger partial charge in [-0.25, -0.2) is 36.5 Å². The van der Waals surface area contributed by atoms with E-state index in [4.69, 9.17) is 11.5 Å².